The van der Waals surface area contributed by atoms with Crippen LogP contribution in [-0.2, 0) is 16.0 Å². The molecule has 0 fully saturated rings. The smallest absolute Gasteiger partial charge is 0.303 e. The van der Waals surface area contributed by atoms with E-state index in [1.165, 1.54) is 5.56 Å². The fraction of sp³-hybridized carbons (Fsp3) is 0.345. The number of unbranched alkanes of at least 4 members (excludes halogenated alkanes) is 1. The Labute approximate surface area is 211 Å². The van der Waals surface area contributed by atoms with Crippen LogP contribution in [0.15, 0.2) is 77.9 Å². The molecule has 0 spiro atoms. The first-order chi connectivity index (χ1) is 17.6. The molecule has 36 heavy (non-hydrogen) atoms. The number of carboxylic acid groups (broad SMARTS) is 1. The Hall–Kier alpha value is -3.87. The second kappa shape index (κ2) is 10.8. The molecule has 0 saturated heterocycles. The van der Waals surface area contributed by atoms with Crippen LogP contribution in [0.4, 0.5) is 0 Å². The van der Waals surface area contributed by atoms with Crippen LogP contribution in [-0.4, -0.2) is 22.0 Å². The van der Waals surface area contributed by atoms with Crippen LogP contribution in [0.2, 0.25) is 0 Å². The summed E-state index contributed by atoms with van der Waals surface area (Å²) in [6, 6.07) is 14.1. The van der Waals surface area contributed by atoms with Crippen molar-refractivity contribution < 1.29 is 14.7 Å². The van der Waals surface area contributed by atoms with Crippen LogP contribution in [0.25, 0.3) is 5.70 Å². The Kier molecular flexibility index (Phi) is 7.16. The lowest BCUT2D eigenvalue weighted by atomic mass is 9.90. The molecule has 2 aliphatic carbocycles. The van der Waals surface area contributed by atoms with E-state index < -0.39 is 5.97 Å². The van der Waals surface area contributed by atoms with Crippen LogP contribution in [0.1, 0.15) is 67.8 Å². The summed E-state index contributed by atoms with van der Waals surface area (Å²) in [6.07, 6.45) is 11.7. The van der Waals surface area contributed by atoms with Crippen LogP contribution in [0, 0.1) is 5.92 Å². The van der Waals surface area contributed by atoms with Crippen molar-refractivity contribution in [2.24, 2.45) is 5.92 Å². The molecule has 7 nitrogen and oxygen atoms in total. The number of carboxylic acids is 1. The number of allylic oxidation sites excluding steroid dienone is 2. The fourth-order valence-corrected chi connectivity index (χ4v) is 5.20. The van der Waals surface area contributed by atoms with Crippen molar-refractivity contribution in [3.63, 3.8) is 0 Å². The van der Waals surface area contributed by atoms with Crippen LogP contribution < -0.4 is 16.0 Å². The van der Waals surface area contributed by atoms with Gasteiger partial charge in [-0.3, -0.25) is 14.6 Å². The molecule has 1 unspecified atom stereocenters. The number of hydrogen-bond acceptors (Lipinski definition) is 5. The second-order valence-electron chi connectivity index (χ2n) is 9.61. The van der Waals surface area contributed by atoms with Gasteiger partial charge < -0.3 is 21.1 Å². The SMILES string of the molecule is O=C(O)CCCCC1=C(c2ccccc2)NC2=CCC(C(=O)N[C@H]3CCCc4cccnc43)C=C2N1. The maximum Gasteiger partial charge on any atom is 0.303 e. The quantitative estimate of drug-likeness (QED) is 0.409. The molecule has 4 N–H and O–H groups in total. The molecule has 186 valence electrons. The number of benzene rings is 1. The summed E-state index contributed by atoms with van der Waals surface area (Å²) in [5, 5.41) is 19.4. The summed E-state index contributed by atoms with van der Waals surface area (Å²) in [7, 11) is 0. The minimum Gasteiger partial charge on any atom is -0.481 e. The molecule has 0 radical (unpaired) electrons. The highest BCUT2D eigenvalue weighted by Crippen LogP contribution is 2.32. The van der Waals surface area contributed by atoms with Gasteiger partial charge in [0.05, 0.1) is 34.7 Å². The number of nitrogens with zero attached hydrogens (tertiary/aromatic N) is 1. The Morgan fingerprint density at radius 2 is 1.92 bits per heavy atom. The van der Waals surface area contributed by atoms with E-state index in [9.17, 15) is 9.59 Å². The van der Waals surface area contributed by atoms with Crippen molar-refractivity contribution in [2.45, 2.75) is 57.4 Å². The van der Waals surface area contributed by atoms with Gasteiger partial charge in [0.1, 0.15) is 0 Å². The molecule has 5 rings (SSSR count). The first-order valence-corrected chi connectivity index (χ1v) is 12.8. The zero-order valence-corrected chi connectivity index (χ0v) is 20.3. The molecule has 2 atom stereocenters. The maximum absolute atomic E-state index is 13.3. The number of aromatic nitrogens is 1. The largest absolute Gasteiger partial charge is 0.481 e. The average molecular weight is 485 g/mol. The number of carbonyl (C=O) groups is 2. The Morgan fingerprint density at radius 1 is 1.06 bits per heavy atom. The predicted octanol–water partition coefficient (Wildman–Crippen LogP) is 4.57. The van der Waals surface area contributed by atoms with Crippen molar-refractivity contribution >= 4 is 17.6 Å². The number of carbonyl (C=O) groups excluding carboxylic acids is 1. The third kappa shape index (κ3) is 5.35. The van der Waals surface area contributed by atoms with Crippen molar-refractivity contribution in [1.82, 2.24) is 20.9 Å². The molecular formula is C29H32N4O3. The number of pyridine rings is 1. The van der Waals surface area contributed by atoms with E-state index in [0.29, 0.717) is 12.8 Å². The van der Waals surface area contributed by atoms with Gasteiger partial charge in [0.15, 0.2) is 0 Å². The zero-order valence-electron chi connectivity index (χ0n) is 20.3. The third-order valence-corrected chi connectivity index (χ3v) is 7.06. The van der Waals surface area contributed by atoms with Crippen LogP contribution >= 0.6 is 0 Å². The van der Waals surface area contributed by atoms with E-state index in [4.69, 9.17) is 5.11 Å². The first-order valence-electron chi connectivity index (χ1n) is 12.8. The normalized spacial score (nSPS) is 20.7. The van der Waals surface area contributed by atoms with Crippen molar-refractivity contribution in [3.8, 4) is 0 Å². The molecule has 1 aromatic carbocycles. The standard InChI is InChI=1S/C29H32N4O3/c34-26(35)14-5-4-12-24-28(20-8-2-1-3-9-20)32-22-16-15-21(18-25(22)31-24)29(36)33-23-13-6-10-19-11-7-17-30-27(19)23/h1-3,7-9,11,16-18,21,23,31-32H,4-6,10,12-15H2,(H,33,36)(H,34,35)/t21?,23-/m0/s1. The Bertz CT molecular complexity index is 1230. The Balaban J connectivity index is 1.32. The van der Waals surface area contributed by atoms with Gasteiger partial charge >= 0.3 is 5.97 Å². The number of nitrogens with one attached hydrogen (secondary N) is 3. The topological polar surface area (TPSA) is 103 Å². The third-order valence-electron chi connectivity index (χ3n) is 7.06. The Morgan fingerprint density at radius 3 is 2.75 bits per heavy atom. The monoisotopic (exact) mass is 484 g/mol. The van der Waals surface area contributed by atoms with Gasteiger partial charge in [0.25, 0.3) is 0 Å². The first kappa shape index (κ1) is 23.9. The minimum absolute atomic E-state index is 0.0175. The van der Waals surface area contributed by atoms with E-state index >= 15 is 0 Å². The molecule has 1 amide bonds. The zero-order chi connectivity index (χ0) is 24.9. The highest BCUT2D eigenvalue weighted by atomic mass is 16.4. The molecular weight excluding hydrogens is 452 g/mol. The van der Waals surface area contributed by atoms with E-state index in [1.807, 2.05) is 30.3 Å². The molecule has 7 heteroatoms. The number of hydrogen-bond donors (Lipinski definition) is 4. The van der Waals surface area contributed by atoms with E-state index in [2.05, 4.69) is 45.2 Å². The highest BCUT2D eigenvalue weighted by molar-refractivity contribution is 5.82. The maximum atomic E-state index is 13.3. The molecule has 0 bridgehead atoms. The number of aryl methyl sites for hydroxylation is 1. The number of fused-ring (bicyclic) bond motifs is 2. The average Bonchev–Trinajstić information content (AvgIpc) is 2.91. The van der Waals surface area contributed by atoms with Gasteiger partial charge in [-0.25, -0.2) is 0 Å². The van der Waals surface area contributed by atoms with E-state index in [-0.39, 0.29) is 24.3 Å². The lowest BCUT2D eigenvalue weighted by Crippen LogP contribution is -2.38. The lowest BCUT2D eigenvalue weighted by Gasteiger charge is -2.32. The molecule has 1 aliphatic heterocycles. The van der Waals surface area contributed by atoms with Crippen molar-refractivity contribution in [3.05, 3.63) is 94.7 Å². The van der Waals surface area contributed by atoms with Crippen molar-refractivity contribution in [2.75, 3.05) is 0 Å². The summed E-state index contributed by atoms with van der Waals surface area (Å²) >= 11 is 0. The molecule has 2 aromatic rings. The highest BCUT2D eigenvalue weighted by Gasteiger charge is 2.29. The van der Waals surface area contributed by atoms with E-state index in [1.54, 1.807) is 6.20 Å². The van der Waals surface area contributed by atoms with Gasteiger partial charge in [-0.15, -0.1) is 0 Å². The van der Waals surface area contributed by atoms with Gasteiger partial charge in [-0.2, -0.15) is 0 Å². The van der Waals surface area contributed by atoms with Gasteiger partial charge in [-0.1, -0.05) is 42.5 Å². The number of aliphatic carboxylic acids is 1. The molecule has 0 saturated carbocycles. The summed E-state index contributed by atoms with van der Waals surface area (Å²) in [4.78, 5) is 28.8. The molecule has 1 aromatic heterocycles. The second-order valence-corrected chi connectivity index (χ2v) is 9.61. The summed E-state index contributed by atoms with van der Waals surface area (Å²) in [5.74, 6) is -1.02. The number of rotatable bonds is 8. The van der Waals surface area contributed by atoms with Crippen molar-refractivity contribution in [1.29, 1.82) is 0 Å². The predicted molar refractivity (Wildman–Crippen MR) is 138 cm³/mol. The lowest BCUT2D eigenvalue weighted by molar-refractivity contribution is -0.137. The number of amides is 1. The summed E-state index contributed by atoms with van der Waals surface area (Å²) < 4.78 is 0. The minimum atomic E-state index is -0.771. The van der Waals surface area contributed by atoms with Gasteiger partial charge in [-0.05, 0) is 68.2 Å². The molecule has 2 heterocycles. The van der Waals surface area contributed by atoms with Crippen LogP contribution in [0.5, 0.6) is 0 Å². The fourth-order valence-electron chi connectivity index (χ4n) is 5.20. The molecule has 3 aliphatic rings. The van der Waals surface area contributed by atoms with E-state index in [0.717, 1.165) is 66.1 Å². The van der Waals surface area contributed by atoms with Crippen LogP contribution in [0.3, 0.4) is 0 Å². The summed E-state index contributed by atoms with van der Waals surface area (Å²) in [5.41, 5.74) is 7.18. The van der Waals surface area contributed by atoms with Gasteiger partial charge in [0, 0.05) is 18.3 Å². The summed E-state index contributed by atoms with van der Waals surface area (Å²) in [6.45, 7) is 0. The van der Waals surface area contributed by atoms with Gasteiger partial charge in [0.2, 0.25) is 5.91 Å².